The van der Waals surface area contributed by atoms with Crippen LogP contribution >= 0.6 is 11.8 Å². The van der Waals surface area contributed by atoms with E-state index in [-0.39, 0.29) is 5.91 Å². The molecule has 1 aliphatic rings. The van der Waals surface area contributed by atoms with E-state index in [2.05, 4.69) is 44.1 Å². The molecule has 6 nitrogen and oxygen atoms in total. The van der Waals surface area contributed by atoms with Gasteiger partial charge in [0.15, 0.2) is 11.0 Å². The molecule has 3 aromatic rings. The Morgan fingerprint density at radius 3 is 2.96 bits per heavy atom. The van der Waals surface area contributed by atoms with Gasteiger partial charge in [0.05, 0.1) is 5.75 Å². The van der Waals surface area contributed by atoms with Gasteiger partial charge in [0, 0.05) is 35.2 Å². The van der Waals surface area contributed by atoms with Gasteiger partial charge in [0.25, 0.3) is 0 Å². The van der Waals surface area contributed by atoms with Crippen LogP contribution in [0.15, 0.2) is 35.6 Å². The Hall–Kier alpha value is -2.28. The lowest BCUT2D eigenvalue weighted by Crippen LogP contribution is -2.26. The summed E-state index contributed by atoms with van der Waals surface area (Å²) < 4.78 is 2.21. The molecule has 0 radical (unpaired) electrons. The van der Waals surface area contributed by atoms with Gasteiger partial charge in [-0.05, 0) is 25.3 Å². The Balaban J connectivity index is 1.49. The van der Waals surface area contributed by atoms with Gasteiger partial charge >= 0.3 is 0 Å². The number of carbonyl (C=O) groups excluding carboxylic acids is 1. The van der Waals surface area contributed by atoms with Crippen LogP contribution in [0, 0.1) is 0 Å². The third kappa shape index (κ3) is 4.03. The number of fused-ring (bicyclic) bond motifs is 1. The standard InChI is InChI=1S/C20H25N5OS/c1-2-3-6-11-21-18(26)13-27-20-24-23-19(25(20)14-9-10-14)16-12-22-17-8-5-4-7-15(16)17/h4-5,7-8,12,14,22H,2-3,6,9-11,13H2,1H3,(H,21,26). The predicted octanol–water partition coefficient (Wildman–Crippen LogP) is 4.16. The first-order chi connectivity index (χ1) is 13.3. The zero-order valence-corrected chi connectivity index (χ0v) is 16.4. The second-order valence-electron chi connectivity index (χ2n) is 7.00. The highest BCUT2D eigenvalue weighted by Crippen LogP contribution is 2.42. The first-order valence-electron chi connectivity index (χ1n) is 9.68. The van der Waals surface area contributed by atoms with Crippen LogP contribution in [0.25, 0.3) is 22.3 Å². The molecular formula is C20H25N5OS. The average molecular weight is 384 g/mol. The summed E-state index contributed by atoms with van der Waals surface area (Å²) in [5, 5.41) is 13.9. The van der Waals surface area contributed by atoms with E-state index in [1.165, 1.54) is 11.8 Å². The minimum Gasteiger partial charge on any atom is -0.360 e. The summed E-state index contributed by atoms with van der Waals surface area (Å²) in [6.45, 7) is 2.91. The average Bonchev–Trinajstić information content (AvgIpc) is 3.30. The highest BCUT2D eigenvalue weighted by atomic mass is 32.2. The van der Waals surface area contributed by atoms with E-state index in [1.54, 1.807) is 0 Å². The van der Waals surface area contributed by atoms with Gasteiger partial charge < -0.3 is 10.3 Å². The maximum Gasteiger partial charge on any atom is 0.230 e. The zero-order chi connectivity index (χ0) is 18.6. The number of amides is 1. The van der Waals surface area contributed by atoms with E-state index in [0.717, 1.165) is 66.1 Å². The molecule has 2 aromatic heterocycles. The zero-order valence-electron chi connectivity index (χ0n) is 15.6. The van der Waals surface area contributed by atoms with Crippen LogP contribution in [0.2, 0.25) is 0 Å². The number of aromatic nitrogens is 4. The molecule has 0 saturated heterocycles. The van der Waals surface area contributed by atoms with Gasteiger partial charge in [0.2, 0.25) is 5.91 Å². The number of para-hydroxylation sites is 1. The van der Waals surface area contributed by atoms with Crippen molar-refractivity contribution in [2.75, 3.05) is 12.3 Å². The molecule has 0 aliphatic heterocycles. The molecule has 0 spiro atoms. The molecule has 0 atom stereocenters. The first-order valence-corrected chi connectivity index (χ1v) is 10.7. The molecule has 0 bridgehead atoms. The lowest BCUT2D eigenvalue weighted by atomic mass is 10.1. The highest BCUT2D eigenvalue weighted by Gasteiger charge is 2.31. The van der Waals surface area contributed by atoms with Crippen molar-refractivity contribution >= 4 is 28.6 Å². The molecule has 1 fully saturated rings. The number of H-pyrrole nitrogens is 1. The second kappa shape index (κ2) is 8.17. The molecule has 1 saturated carbocycles. The predicted molar refractivity (Wildman–Crippen MR) is 109 cm³/mol. The Morgan fingerprint density at radius 2 is 2.15 bits per heavy atom. The second-order valence-corrected chi connectivity index (χ2v) is 7.94. The number of rotatable bonds is 9. The SMILES string of the molecule is CCCCCNC(=O)CSc1nnc(-c2c[nH]c3ccccc23)n1C1CC1. The molecule has 2 heterocycles. The number of thioether (sulfide) groups is 1. The number of nitrogens with zero attached hydrogens (tertiary/aromatic N) is 3. The number of hydrogen-bond donors (Lipinski definition) is 2. The Labute approximate surface area is 163 Å². The molecule has 1 amide bonds. The Morgan fingerprint density at radius 1 is 1.30 bits per heavy atom. The summed E-state index contributed by atoms with van der Waals surface area (Å²) >= 11 is 1.48. The van der Waals surface area contributed by atoms with Crippen molar-refractivity contribution in [1.82, 2.24) is 25.1 Å². The fourth-order valence-electron chi connectivity index (χ4n) is 3.26. The Bertz CT molecular complexity index is 927. The molecular weight excluding hydrogens is 358 g/mol. The van der Waals surface area contributed by atoms with Gasteiger partial charge in [-0.25, -0.2) is 0 Å². The number of unbranched alkanes of at least 4 members (excludes halogenated alkanes) is 2. The minimum absolute atomic E-state index is 0.0649. The van der Waals surface area contributed by atoms with Crippen molar-refractivity contribution in [2.24, 2.45) is 0 Å². The minimum atomic E-state index is 0.0649. The summed E-state index contributed by atoms with van der Waals surface area (Å²) in [6.07, 6.45) is 7.63. The summed E-state index contributed by atoms with van der Waals surface area (Å²) in [5.41, 5.74) is 2.17. The van der Waals surface area contributed by atoms with Gasteiger partial charge in [-0.15, -0.1) is 10.2 Å². The van der Waals surface area contributed by atoms with Gasteiger partial charge in [0.1, 0.15) is 0 Å². The lowest BCUT2D eigenvalue weighted by Gasteiger charge is -2.08. The third-order valence-corrected chi connectivity index (χ3v) is 5.78. The van der Waals surface area contributed by atoms with E-state index in [1.807, 2.05) is 18.3 Å². The Kier molecular flexibility index (Phi) is 5.48. The maximum absolute atomic E-state index is 12.1. The van der Waals surface area contributed by atoms with Gasteiger partial charge in [-0.1, -0.05) is 49.7 Å². The van der Waals surface area contributed by atoms with E-state index in [0.29, 0.717) is 11.8 Å². The molecule has 142 valence electrons. The number of nitrogens with one attached hydrogen (secondary N) is 2. The van der Waals surface area contributed by atoms with Crippen molar-refractivity contribution in [3.63, 3.8) is 0 Å². The van der Waals surface area contributed by atoms with Gasteiger partial charge in [-0.2, -0.15) is 0 Å². The molecule has 1 aromatic carbocycles. The number of benzene rings is 1. The van der Waals surface area contributed by atoms with E-state index in [4.69, 9.17) is 0 Å². The van der Waals surface area contributed by atoms with Crippen molar-refractivity contribution in [2.45, 2.75) is 50.2 Å². The number of hydrogen-bond acceptors (Lipinski definition) is 4. The summed E-state index contributed by atoms with van der Waals surface area (Å²) in [4.78, 5) is 15.4. The van der Waals surface area contributed by atoms with E-state index >= 15 is 0 Å². The lowest BCUT2D eigenvalue weighted by molar-refractivity contribution is -0.118. The van der Waals surface area contributed by atoms with Crippen LogP contribution in [-0.2, 0) is 4.79 Å². The summed E-state index contributed by atoms with van der Waals surface area (Å²) in [6, 6.07) is 8.67. The molecule has 27 heavy (non-hydrogen) atoms. The smallest absolute Gasteiger partial charge is 0.230 e. The monoisotopic (exact) mass is 383 g/mol. The summed E-state index contributed by atoms with van der Waals surface area (Å²) in [7, 11) is 0. The number of aromatic amines is 1. The summed E-state index contributed by atoms with van der Waals surface area (Å²) in [5.74, 6) is 1.33. The highest BCUT2D eigenvalue weighted by molar-refractivity contribution is 7.99. The normalized spacial score (nSPS) is 14.0. The fraction of sp³-hybridized carbons (Fsp3) is 0.450. The van der Waals surface area contributed by atoms with Crippen LogP contribution in [0.5, 0.6) is 0 Å². The van der Waals surface area contributed by atoms with Crippen molar-refractivity contribution < 1.29 is 4.79 Å². The molecule has 2 N–H and O–H groups in total. The van der Waals surface area contributed by atoms with Crippen LogP contribution in [0.1, 0.15) is 45.1 Å². The van der Waals surface area contributed by atoms with Gasteiger partial charge in [-0.3, -0.25) is 9.36 Å². The van der Waals surface area contributed by atoms with Crippen LogP contribution in [-0.4, -0.2) is 38.0 Å². The van der Waals surface area contributed by atoms with Crippen molar-refractivity contribution in [1.29, 1.82) is 0 Å². The molecule has 1 aliphatic carbocycles. The third-order valence-electron chi connectivity index (χ3n) is 4.84. The number of carbonyl (C=O) groups is 1. The van der Waals surface area contributed by atoms with Crippen molar-refractivity contribution in [3.05, 3.63) is 30.5 Å². The topological polar surface area (TPSA) is 75.6 Å². The molecule has 7 heteroatoms. The van der Waals surface area contributed by atoms with Crippen molar-refractivity contribution in [3.8, 4) is 11.4 Å². The maximum atomic E-state index is 12.1. The van der Waals surface area contributed by atoms with Crippen LogP contribution in [0.3, 0.4) is 0 Å². The van der Waals surface area contributed by atoms with E-state index < -0.39 is 0 Å². The van der Waals surface area contributed by atoms with Crippen LogP contribution in [0.4, 0.5) is 0 Å². The van der Waals surface area contributed by atoms with Crippen LogP contribution < -0.4 is 5.32 Å². The first kappa shape index (κ1) is 18.1. The molecule has 0 unspecified atom stereocenters. The largest absolute Gasteiger partial charge is 0.360 e. The quantitative estimate of drug-likeness (QED) is 0.430. The molecule has 4 rings (SSSR count). The van der Waals surface area contributed by atoms with E-state index in [9.17, 15) is 4.79 Å². The fourth-order valence-corrected chi connectivity index (χ4v) is 4.10.